The molecule has 1 aliphatic rings. The van der Waals surface area contributed by atoms with Crippen molar-refractivity contribution in [1.29, 1.82) is 0 Å². The van der Waals surface area contributed by atoms with Crippen LogP contribution in [0.3, 0.4) is 0 Å². The monoisotopic (exact) mass is 395 g/mol. The highest BCUT2D eigenvalue weighted by Crippen LogP contribution is 2.22. The molecule has 1 aliphatic heterocycles. The lowest BCUT2D eigenvalue weighted by Crippen LogP contribution is -2.40. The van der Waals surface area contributed by atoms with Gasteiger partial charge in [0.2, 0.25) is 5.88 Å². The van der Waals surface area contributed by atoms with Crippen molar-refractivity contribution in [1.82, 2.24) is 15.2 Å². The van der Waals surface area contributed by atoms with E-state index in [0.29, 0.717) is 42.8 Å². The smallest absolute Gasteiger partial charge is 0.407 e. The molecule has 0 spiro atoms. The Balaban J connectivity index is 1.74. The molecule has 0 unspecified atom stereocenters. The van der Waals surface area contributed by atoms with E-state index < -0.39 is 18.0 Å². The Morgan fingerprint density at radius 3 is 2.54 bits per heavy atom. The number of carbonyl (C=O) groups excluding carboxylic acids is 1. The number of carbonyl (C=O) groups is 2. The number of aromatic nitrogens is 1. The summed E-state index contributed by atoms with van der Waals surface area (Å²) in [5.74, 6) is 0.555. The summed E-state index contributed by atoms with van der Waals surface area (Å²) in [5, 5.41) is 29.6. The van der Waals surface area contributed by atoms with Crippen molar-refractivity contribution in [2.45, 2.75) is 38.6 Å². The number of nitrogens with zero attached hydrogens (tertiary/aromatic N) is 2. The van der Waals surface area contributed by atoms with Crippen LogP contribution in [0.15, 0.2) is 12.1 Å². The predicted molar refractivity (Wildman–Crippen MR) is 101 cm³/mol. The lowest BCUT2D eigenvalue weighted by atomic mass is 9.92. The Kier molecular flexibility index (Phi) is 8.46. The maximum absolute atomic E-state index is 12.2. The molecular weight excluding hydrogens is 366 g/mol. The number of hydrogen-bond donors (Lipinski definition) is 4. The lowest BCUT2D eigenvalue weighted by Gasteiger charge is -2.29. The normalized spacial score (nSPS) is 14.9. The van der Waals surface area contributed by atoms with E-state index in [1.165, 1.54) is 4.90 Å². The number of ether oxygens (including phenoxy) is 1. The number of aliphatic hydroxyl groups is 2. The number of carboxylic acid groups (broad SMARTS) is 1. The Hall–Kier alpha value is -2.39. The average molecular weight is 395 g/mol. The summed E-state index contributed by atoms with van der Waals surface area (Å²) in [6.07, 6.45) is 2.77. The van der Waals surface area contributed by atoms with Gasteiger partial charge in [-0.25, -0.2) is 9.78 Å². The molecule has 1 fully saturated rings. The van der Waals surface area contributed by atoms with Gasteiger partial charge in [0.1, 0.15) is 0 Å². The number of piperidine rings is 1. The maximum Gasteiger partial charge on any atom is 0.407 e. The zero-order valence-electron chi connectivity index (χ0n) is 16.1. The topological polar surface area (TPSA) is 132 Å². The van der Waals surface area contributed by atoms with Gasteiger partial charge in [-0.05, 0) is 44.6 Å². The third kappa shape index (κ3) is 6.35. The molecule has 9 nitrogen and oxygen atoms in total. The van der Waals surface area contributed by atoms with Crippen LogP contribution in [0.5, 0.6) is 5.88 Å². The summed E-state index contributed by atoms with van der Waals surface area (Å²) in [6.45, 7) is 2.72. The zero-order chi connectivity index (χ0) is 20.5. The summed E-state index contributed by atoms with van der Waals surface area (Å²) in [6, 6.07) is 2.53. The fourth-order valence-corrected chi connectivity index (χ4v) is 3.23. The van der Waals surface area contributed by atoms with Crippen LogP contribution in [0.4, 0.5) is 4.79 Å². The second-order valence-corrected chi connectivity index (χ2v) is 7.02. The summed E-state index contributed by atoms with van der Waals surface area (Å²) in [5.41, 5.74) is 0.870. The Morgan fingerprint density at radius 2 is 1.96 bits per heavy atom. The molecule has 4 N–H and O–H groups in total. The first-order valence-electron chi connectivity index (χ1n) is 9.55. The van der Waals surface area contributed by atoms with Crippen molar-refractivity contribution in [2.75, 3.05) is 32.9 Å². The number of aliphatic hydroxyl groups excluding tert-OH is 2. The van der Waals surface area contributed by atoms with Gasteiger partial charge in [0.15, 0.2) is 0 Å². The SMILES string of the molecule is Cc1nc(OCCCC2CCN(C(=O)O)CC2)ccc1C(=O)NC(CO)CO. The summed E-state index contributed by atoms with van der Waals surface area (Å²) in [7, 11) is 0. The van der Waals surface area contributed by atoms with Crippen LogP contribution >= 0.6 is 0 Å². The maximum atomic E-state index is 12.2. The molecule has 0 aliphatic carbocycles. The van der Waals surface area contributed by atoms with E-state index in [-0.39, 0.29) is 13.2 Å². The van der Waals surface area contributed by atoms with Crippen LogP contribution in [0.2, 0.25) is 0 Å². The molecule has 156 valence electrons. The van der Waals surface area contributed by atoms with Crippen LogP contribution in [0.1, 0.15) is 41.7 Å². The fourth-order valence-electron chi connectivity index (χ4n) is 3.23. The van der Waals surface area contributed by atoms with Crippen LogP contribution in [-0.2, 0) is 0 Å². The Morgan fingerprint density at radius 1 is 1.29 bits per heavy atom. The average Bonchev–Trinajstić information content (AvgIpc) is 2.69. The van der Waals surface area contributed by atoms with E-state index in [4.69, 9.17) is 20.1 Å². The largest absolute Gasteiger partial charge is 0.478 e. The molecule has 2 rings (SSSR count). The molecule has 9 heteroatoms. The standard InChI is InChI=1S/C19H29N3O6/c1-13-16(18(25)21-15(11-23)12-24)4-5-17(20-13)28-10-2-3-14-6-8-22(9-7-14)19(26)27/h4-5,14-15,23-24H,2-3,6-12H2,1H3,(H,21,25)(H,26,27). The van der Waals surface area contributed by atoms with Crippen molar-refractivity contribution in [3.63, 3.8) is 0 Å². The quantitative estimate of drug-likeness (QED) is 0.459. The van der Waals surface area contributed by atoms with E-state index in [9.17, 15) is 9.59 Å². The van der Waals surface area contributed by atoms with Gasteiger partial charge in [-0.15, -0.1) is 0 Å². The number of rotatable bonds is 9. The second kappa shape index (κ2) is 10.8. The van der Waals surface area contributed by atoms with Crippen molar-refractivity contribution in [3.05, 3.63) is 23.4 Å². The summed E-state index contributed by atoms with van der Waals surface area (Å²) >= 11 is 0. The van der Waals surface area contributed by atoms with Gasteiger partial charge < -0.3 is 30.3 Å². The number of amides is 2. The number of aryl methyl sites for hydroxylation is 1. The fraction of sp³-hybridized carbons (Fsp3) is 0.632. The first kappa shape index (κ1) is 21.9. The third-order valence-electron chi connectivity index (χ3n) is 4.97. The van der Waals surface area contributed by atoms with E-state index in [0.717, 1.165) is 25.7 Å². The molecule has 0 saturated carbocycles. The minimum atomic E-state index is -0.844. The second-order valence-electron chi connectivity index (χ2n) is 7.02. The Labute approximate surface area is 164 Å². The van der Waals surface area contributed by atoms with E-state index in [1.807, 2.05) is 0 Å². The van der Waals surface area contributed by atoms with Gasteiger partial charge in [0.05, 0.1) is 37.1 Å². The molecule has 2 heterocycles. The number of hydrogen-bond acceptors (Lipinski definition) is 6. The highest BCUT2D eigenvalue weighted by atomic mass is 16.5. The van der Waals surface area contributed by atoms with Crippen molar-refractivity contribution in [3.8, 4) is 5.88 Å². The van der Waals surface area contributed by atoms with Crippen LogP contribution in [0.25, 0.3) is 0 Å². The molecular formula is C19H29N3O6. The molecule has 0 aromatic carbocycles. The highest BCUT2D eigenvalue weighted by molar-refractivity contribution is 5.95. The number of likely N-dealkylation sites (tertiary alicyclic amines) is 1. The molecule has 28 heavy (non-hydrogen) atoms. The molecule has 1 saturated heterocycles. The third-order valence-corrected chi connectivity index (χ3v) is 4.97. The molecule has 0 radical (unpaired) electrons. The number of pyridine rings is 1. The van der Waals surface area contributed by atoms with Crippen molar-refractivity contribution in [2.24, 2.45) is 5.92 Å². The van der Waals surface area contributed by atoms with E-state index in [2.05, 4.69) is 10.3 Å². The first-order valence-corrected chi connectivity index (χ1v) is 9.55. The van der Waals surface area contributed by atoms with Crippen LogP contribution in [0, 0.1) is 12.8 Å². The summed E-state index contributed by atoms with van der Waals surface area (Å²) in [4.78, 5) is 28.8. The molecule has 0 atom stereocenters. The van der Waals surface area contributed by atoms with Gasteiger partial charge in [0.25, 0.3) is 5.91 Å². The zero-order valence-corrected chi connectivity index (χ0v) is 16.1. The molecule has 2 amide bonds. The van der Waals surface area contributed by atoms with E-state index >= 15 is 0 Å². The Bertz CT molecular complexity index is 657. The number of nitrogens with one attached hydrogen (secondary N) is 1. The minimum Gasteiger partial charge on any atom is -0.478 e. The van der Waals surface area contributed by atoms with Gasteiger partial charge >= 0.3 is 6.09 Å². The van der Waals surface area contributed by atoms with Gasteiger partial charge in [0, 0.05) is 19.2 Å². The van der Waals surface area contributed by atoms with E-state index in [1.54, 1.807) is 19.1 Å². The van der Waals surface area contributed by atoms with Crippen LogP contribution < -0.4 is 10.1 Å². The van der Waals surface area contributed by atoms with Crippen molar-refractivity contribution < 1.29 is 29.6 Å². The molecule has 0 bridgehead atoms. The minimum absolute atomic E-state index is 0.342. The highest BCUT2D eigenvalue weighted by Gasteiger charge is 2.22. The van der Waals surface area contributed by atoms with Gasteiger partial charge in [-0.3, -0.25) is 4.79 Å². The summed E-state index contributed by atoms with van der Waals surface area (Å²) < 4.78 is 5.67. The first-order chi connectivity index (χ1) is 13.4. The van der Waals surface area contributed by atoms with Crippen LogP contribution in [-0.4, -0.2) is 76.2 Å². The van der Waals surface area contributed by atoms with Gasteiger partial charge in [-0.2, -0.15) is 0 Å². The van der Waals surface area contributed by atoms with Gasteiger partial charge in [-0.1, -0.05) is 0 Å². The lowest BCUT2D eigenvalue weighted by molar-refractivity contribution is 0.0878. The molecule has 1 aromatic heterocycles. The predicted octanol–water partition coefficient (Wildman–Crippen LogP) is 1.02. The molecule has 1 aromatic rings. The van der Waals surface area contributed by atoms with Crippen molar-refractivity contribution >= 4 is 12.0 Å².